The first kappa shape index (κ1) is 16.7. The van der Waals surface area contributed by atoms with Crippen molar-refractivity contribution in [1.29, 1.82) is 5.41 Å². The van der Waals surface area contributed by atoms with Gasteiger partial charge in [0.25, 0.3) is 0 Å². The number of rotatable bonds is 6. The summed E-state index contributed by atoms with van der Waals surface area (Å²) in [4.78, 5) is 12.3. The molecule has 0 saturated carbocycles. The van der Waals surface area contributed by atoms with Gasteiger partial charge in [-0.1, -0.05) is 18.2 Å². The van der Waals surface area contributed by atoms with Crippen LogP contribution in [0.3, 0.4) is 0 Å². The van der Waals surface area contributed by atoms with Gasteiger partial charge in [-0.3, -0.25) is 0 Å². The van der Waals surface area contributed by atoms with Crippen LogP contribution >= 0.6 is 0 Å². The van der Waals surface area contributed by atoms with Gasteiger partial charge in [0.15, 0.2) is 0 Å². The van der Waals surface area contributed by atoms with Gasteiger partial charge in [-0.25, -0.2) is 4.79 Å². The Morgan fingerprint density at radius 1 is 0.960 bits per heavy atom. The lowest BCUT2D eigenvalue weighted by Crippen LogP contribution is -2.11. The molecule has 3 aromatic carbocycles. The SMILES string of the molecule is N=Cc1ccc2cc(OC(=O)c3ccc(OCCN)cc3)ccc2c1. The third-order valence-corrected chi connectivity index (χ3v) is 3.69. The largest absolute Gasteiger partial charge is 0.492 e. The lowest BCUT2D eigenvalue weighted by atomic mass is 10.1. The molecule has 0 fully saturated rings. The van der Waals surface area contributed by atoms with Gasteiger partial charge < -0.3 is 20.6 Å². The Bertz CT molecular complexity index is 904. The van der Waals surface area contributed by atoms with E-state index in [0.29, 0.717) is 30.2 Å². The van der Waals surface area contributed by atoms with Crippen LogP contribution in [0.4, 0.5) is 0 Å². The van der Waals surface area contributed by atoms with E-state index in [1.807, 2.05) is 24.3 Å². The number of hydrogen-bond donors (Lipinski definition) is 2. The number of hydrogen-bond acceptors (Lipinski definition) is 5. The van der Waals surface area contributed by atoms with Crippen molar-refractivity contribution >= 4 is 23.0 Å². The molecule has 126 valence electrons. The van der Waals surface area contributed by atoms with Gasteiger partial charge in [-0.05, 0) is 58.8 Å². The maximum Gasteiger partial charge on any atom is 0.343 e. The zero-order valence-corrected chi connectivity index (χ0v) is 13.6. The van der Waals surface area contributed by atoms with Crippen LogP contribution in [0.15, 0.2) is 60.7 Å². The Hall–Kier alpha value is -3.18. The van der Waals surface area contributed by atoms with E-state index in [2.05, 4.69) is 0 Å². The highest BCUT2D eigenvalue weighted by molar-refractivity contribution is 5.93. The molecular weight excluding hydrogens is 316 g/mol. The highest BCUT2D eigenvalue weighted by atomic mass is 16.5. The van der Waals surface area contributed by atoms with Crippen LogP contribution in [0.5, 0.6) is 11.5 Å². The smallest absolute Gasteiger partial charge is 0.343 e. The van der Waals surface area contributed by atoms with E-state index in [1.165, 1.54) is 6.21 Å². The van der Waals surface area contributed by atoms with E-state index in [9.17, 15) is 4.79 Å². The van der Waals surface area contributed by atoms with Crippen LogP contribution in [0.1, 0.15) is 15.9 Å². The van der Waals surface area contributed by atoms with Gasteiger partial charge in [0.05, 0.1) is 5.56 Å². The number of benzene rings is 3. The average molecular weight is 334 g/mol. The third-order valence-electron chi connectivity index (χ3n) is 3.69. The molecule has 0 spiro atoms. The predicted octanol–water partition coefficient (Wildman–Crippen LogP) is 3.39. The van der Waals surface area contributed by atoms with E-state index >= 15 is 0 Å². The lowest BCUT2D eigenvalue weighted by Gasteiger charge is -2.08. The summed E-state index contributed by atoms with van der Waals surface area (Å²) in [6, 6.07) is 17.8. The molecule has 0 bridgehead atoms. The van der Waals surface area contributed by atoms with Crippen LogP contribution in [-0.2, 0) is 0 Å². The fraction of sp³-hybridized carbons (Fsp3) is 0.100. The molecule has 0 aliphatic heterocycles. The third kappa shape index (κ3) is 4.02. The molecule has 3 aromatic rings. The zero-order valence-electron chi connectivity index (χ0n) is 13.6. The highest BCUT2D eigenvalue weighted by Crippen LogP contribution is 2.23. The summed E-state index contributed by atoms with van der Waals surface area (Å²) in [7, 11) is 0. The molecule has 0 amide bonds. The molecule has 0 radical (unpaired) electrons. The Morgan fingerprint density at radius 3 is 2.36 bits per heavy atom. The molecule has 0 aliphatic rings. The Kier molecular flexibility index (Phi) is 5.06. The second-order valence-corrected chi connectivity index (χ2v) is 5.46. The van der Waals surface area contributed by atoms with Gasteiger partial charge in [0, 0.05) is 12.8 Å². The standard InChI is InChI=1S/C20H18N2O3/c21-9-10-24-18-6-3-15(4-7-18)20(23)25-19-8-5-16-11-14(13-22)1-2-17(16)12-19/h1-8,11-13,22H,9-10,21H2. The number of carbonyl (C=O) groups is 1. The number of carbonyl (C=O) groups excluding carboxylic acids is 1. The average Bonchev–Trinajstić information content (AvgIpc) is 2.66. The van der Waals surface area contributed by atoms with E-state index in [-0.39, 0.29) is 0 Å². The molecular formula is C20H18N2O3. The highest BCUT2D eigenvalue weighted by Gasteiger charge is 2.09. The number of fused-ring (bicyclic) bond motifs is 1. The van der Waals surface area contributed by atoms with Crippen molar-refractivity contribution in [2.75, 3.05) is 13.2 Å². The minimum atomic E-state index is -0.430. The van der Waals surface area contributed by atoms with Crippen molar-refractivity contribution < 1.29 is 14.3 Å². The summed E-state index contributed by atoms with van der Waals surface area (Å²) in [5.41, 5.74) is 6.66. The van der Waals surface area contributed by atoms with Crippen LogP contribution in [0, 0.1) is 5.41 Å². The molecule has 0 aliphatic carbocycles. The van der Waals surface area contributed by atoms with Gasteiger partial charge in [0.2, 0.25) is 0 Å². The molecule has 5 nitrogen and oxygen atoms in total. The van der Waals surface area contributed by atoms with Gasteiger partial charge in [-0.15, -0.1) is 0 Å². The lowest BCUT2D eigenvalue weighted by molar-refractivity contribution is 0.0735. The monoisotopic (exact) mass is 334 g/mol. The Morgan fingerprint density at radius 2 is 1.64 bits per heavy atom. The minimum absolute atomic E-state index is 0.430. The number of esters is 1. The maximum atomic E-state index is 12.3. The number of nitrogens with two attached hydrogens (primary N) is 1. The predicted molar refractivity (Wildman–Crippen MR) is 97.8 cm³/mol. The fourth-order valence-electron chi connectivity index (χ4n) is 2.43. The van der Waals surface area contributed by atoms with E-state index < -0.39 is 5.97 Å². The second kappa shape index (κ2) is 7.59. The van der Waals surface area contributed by atoms with Gasteiger partial charge in [0.1, 0.15) is 18.1 Å². The first-order chi connectivity index (χ1) is 12.2. The van der Waals surface area contributed by atoms with Crippen LogP contribution in [0.2, 0.25) is 0 Å². The van der Waals surface area contributed by atoms with E-state index in [0.717, 1.165) is 16.3 Å². The minimum Gasteiger partial charge on any atom is -0.492 e. The Labute approximate surface area is 145 Å². The van der Waals surface area contributed by atoms with E-state index in [1.54, 1.807) is 36.4 Å². The molecule has 25 heavy (non-hydrogen) atoms. The molecule has 0 unspecified atom stereocenters. The van der Waals surface area contributed by atoms with Crippen LogP contribution in [0.25, 0.3) is 10.8 Å². The maximum absolute atomic E-state index is 12.3. The van der Waals surface area contributed by atoms with Gasteiger partial charge >= 0.3 is 5.97 Å². The van der Waals surface area contributed by atoms with Crippen LogP contribution < -0.4 is 15.2 Å². The normalized spacial score (nSPS) is 10.4. The molecule has 3 N–H and O–H groups in total. The van der Waals surface area contributed by atoms with Crippen molar-refractivity contribution in [3.05, 3.63) is 71.8 Å². The Balaban J connectivity index is 1.73. The van der Waals surface area contributed by atoms with Crippen molar-refractivity contribution in [1.82, 2.24) is 0 Å². The van der Waals surface area contributed by atoms with Crippen molar-refractivity contribution in [2.45, 2.75) is 0 Å². The van der Waals surface area contributed by atoms with Gasteiger partial charge in [-0.2, -0.15) is 0 Å². The van der Waals surface area contributed by atoms with Crippen molar-refractivity contribution in [3.63, 3.8) is 0 Å². The van der Waals surface area contributed by atoms with Crippen molar-refractivity contribution in [3.8, 4) is 11.5 Å². The summed E-state index contributed by atoms with van der Waals surface area (Å²) in [6.45, 7) is 0.869. The summed E-state index contributed by atoms with van der Waals surface area (Å²) in [5, 5.41) is 9.23. The van der Waals surface area contributed by atoms with Crippen LogP contribution in [-0.4, -0.2) is 25.3 Å². The molecule has 5 heteroatoms. The van der Waals surface area contributed by atoms with E-state index in [4.69, 9.17) is 20.6 Å². The quantitative estimate of drug-likeness (QED) is 0.411. The summed E-state index contributed by atoms with van der Waals surface area (Å²) in [5.74, 6) is 0.708. The zero-order chi connectivity index (χ0) is 17.6. The second-order valence-electron chi connectivity index (χ2n) is 5.46. The topological polar surface area (TPSA) is 85.4 Å². The number of ether oxygens (including phenoxy) is 2. The molecule has 0 aromatic heterocycles. The molecule has 3 rings (SSSR count). The fourth-order valence-corrected chi connectivity index (χ4v) is 2.43. The number of nitrogens with one attached hydrogen (secondary N) is 1. The first-order valence-corrected chi connectivity index (χ1v) is 7.89. The molecule has 0 atom stereocenters. The van der Waals surface area contributed by atoms with Crippen molar-refractivity contribution in [2.24, 2.45) is 5.73 Å². The molecule has 0 heterocycles. The first-order valence-electron chi connectivity index (χ1n) is 7.89. The summed E-state index contributed by atoms with van der Waals surface area (Å²) < 4.78 is 10.8. The summed E-state index contributed by atoms with van der Waals surface area (Å²) in [6.07, 6.45) is 1.30. The molecule has 0 saturated heterocycles. The summed E-state index contributed by atoms with van der Waals surface area (Å²) >= 11 is 0.